The molecular weight excluding hydrogens is 231 g/mol. The number of halogens is 2. The fourth-order valence-corrected chi connectivity index (χ4v) is 1.79. The van der Waals surface area contributed by atoms with Crippen molar-refractivity contribution in [1.29, 1.82) is 0 Å². The Morgan fingerprint density at radius 2 is 2.19 bits per heavy atom. The fourth-order valence-electron chi connectivity index (χ4n) is 1.59. The number of furan rings is 1. The molecule has 0 unspecified atom stereocenters. The molecule has 0 saturated carbocycles. The van der Waals surface area contributed by atoms with Crippen molar-refractivity contribution in [2.45, 2.75) is 0 Å². The molecule has 1 aromatic carbocycles. The third-order valence-corrected chi connectivity index (χ3v) is 2.63. The van der Waals surface area contributed by atoms with Crippen molar-refractivity contribution in [2.24, 2.45) is 0 Å². The molecule has 2 heterocycles. The van der Waals surface area contributed by atoms with E-state index in [2.05, 4.69) is 9.97 Å². The number of para-hydroxylation sites is 1. The fraction of sp³-hybridized carbons (Fsp3) is 0. The molecule has 0 aliphatic carbocycles. The molecule has 0 saturated heterocycles. The van der Waals surface area contributed by atoms with Gasteiger partial charge in [-0.2, -0.15) is 0 Å². The Morgan fingerprint density at radius 3 is 2.88 bits per heavy atom. The van der Waals surface area contributed by atoms with Crippen molar-refractivity contribution in [3.8, 4) is 11.4 Å². The minimum absolute atomic E-state index is 0.236. The van der Waals surface area contributed by atoms with Crippen molar-refractivity contribution in [1.82, 2.24) is 9.97 Å². The molecule has 80 valence electrons. The summed E-state index contributed by atoms with van der Waals surface area (Å²) < 4.78 is 18.4. The van der Waals surface area contributed by atoms with Gasteiger partial charge in [0.15, 0.2) is 5.82 Å². The molecule has 3 nitrogen and oxygen atoms in total. The summed E-state index contributed by atoms with van der Waals surface area (Å²) in [6, 6.07) is 6.42. The number of aromatic nitrogens is 2. The first kappa shape index (κ1) is 9.42. The summed E-state index contributed by atoms with van der Waals surface area (Å²) in [5.74, 6) is 0.137. The van der Waals surface area contributed by atoms with Gasteiger partial charge in [0, 0.05) is 0 Å². The lowest BCUT2D eigenvalue weighted by Gasteiger charge is -1.88. The van der Waals surface area contributed by atoms with Crippen LogP contribution in [0.1, 0.15) is 0 Å². The van der Waals surface area contributed by atoms with E-state index < -0.39 is 0 Å². The van der Waals surface area contributed by atoms with E-state index >= 15 is 0 Å². The number of rotatable bonds is 1. The summed E-state index contributed by atoms with van der Waals surface area (Å²) in [4.78, 5) is 7.12. The van der Waals surface area contributed by atoms with Crippen molar-refractivity contribution in [2.75, 3.05) is 0 Å². The van der Waals surface area contributed by atoms with Gasteiger partial charge in [0.25, 0.3) is 0 Å². The lowest BCUT2D eigenvalue weighted by atomic mass is 10.3. The molecule has 0 spiro atoms. The van der Waals surface area contributed by atoms with Gasteiger partial charge < -0.3 is 9.40 Å². The lowest BCUT2D eigenvalue weighted by molar-refractivity contribution is 0.570. The number of benzene rings is 1. The van der Waals surface area contributed by atoms with E-state index in [-0.39, 0.29) is 11.0 Å². The number of fused-ring (bicyclic) bond motifs is 1. The van der Waals surface area contributed by atoms with Gasteiger partial charge in [0.2, 0.25) is 5.22 Å². The van der Waals surface area contributed by atoms with Crippen LogP contribution in [0.2, 0.25) is 5.22 Å². The predicted octanol–water partition coefficient (Wildman–Crippen LogP) is 3.62. The largest absolute Gasteiger partial charge is 0.452 e. The second-order valence-electron chi connectivity index (χ2n) is 3.33. The van der Waals surface area contributed by atoms with Gasteiger partial charge in [-0.1, -0.05) is 6.07 Å². The van der Waals surface area contributed by atoms with E-state index in [0.29, 0.717) is 22.4 Å². The molecule has 16 heavy (non-hydrogen) atoms. The quantitative estimate of drug-likeness (QED) is 0.701. The zero-order valence-electron chi connectivity index (χ0n) is 8.00. The molecule has 0 amide bonds. The SMILES string of the molecule is Fc1cccc2[nH]c(-c3ccoc3Cl)nc12. The maximum Gasteiger partial charge on any atom is 0.203 e. The number of aromatic amines is 1. The molecule has 3 aromatic rings. The van der Waals surface area contributed by atoms with E-state index in [1.807, 2.05) is 0 Å². The zero-order chi connectivity index (χ0) is 11.1. The van der Waals surface area contributed by atoms with Gasteiger partial charge in [-0.3, -0.25) is 0 Å². The summed E-state index contributed by atoms with van der Waals surface area (Å²) in [6.07, 6.45) is 1.46. The first-order valence-corrected chi connectivity index (χ1v) is 5.01. The van der Waals surface area contributed by atoms with Crippen LogP contribution in [0.4, 0.5) is 4.39 Å². The Kier molecular flexibility index (Phi) is 1.97. The highest BCUT2D eigenvalue weighted by Gasteiger charge is 2.12. The Hall–Kier alpha value is -1.81. The molecule has 2 aromatic heterocycles. The summed E-state index contributed by atoms with van der Waals surface area (Å²) in [6.45, 7) is 0. The average Bonchev–Trinajstić information content (AvgIpc) is 2.84. The Labute approximate surface area is 94.9 Å². The van der Waals surface area contributed by atoms with Crippen LogP contribution >= 0.6 is 11.6 Å². The molecule has 0 radical (unpaired) electrons. The molecule has 0 bridgehead atoms. The Balaban J connectivity index is 2.27. The van der Waals surface area contributed by atoms with Crippen LogP contribution < -0.4 is 0 Å². The van der Waals surface area contributed by atoms with Gasteiger partial charge in [-0.05, 0) is 29.8 Å². The second kappa shape index (κ2) is 3.35. The maximum absolute atomic E-state index is 13.4. The first-order chi connectivity index (χ1) is 7.75. The molecule has 0 aliphatic rings. The smallest absolute Gasteiger partial charge is 0.203 e. The molecular formula is C11H6ClFN2O. The third-order valence-electron chi connectivity index (χ3n) is 2.34. The van der Waals surface area contributed by atoms with Gasteiger partial charge in [0.05, 0.1) is 17.3 Å². The maximum atomic E-state index is 13.4. The number of nitrogens with zero attached hydrogens (tertiary/aromatic N) is 1. The number of imidazole rings is 1. The van der Waals surface area contributed by atoms with Crippen molar-refractivity contribution >= 4 is 22.6 Å². The second-order valence-corrected chi connectivity index (χ2v) is 3.67. The summed E-state index contributed by atoms with van der Waals surface area (Å²) >= 11 is 5.82. The van der Waals surface area contributed by atoms with Crippen LogP contribution in [-0.2, 0) is 0 Å². The zero-order valence-corrected chi connectivity index (χ0v) is 8.75. The Bertz CT molecular complexity index is 659. The molecule has 3 rings (SSSR count). The molecule has 0 fully saturated rings. The average molecular weight is 237 g/mol. The van der Waals surface area contributed by atoms with E-state index in [1.165, 1.54) is 12.3 Å². The third kappa shape index (κ3) is 1.31. The van der Waals surface area contributed by atoms with Crippen LogP contribution in [0.5, 0.6) is 0 Å². The standard InChI is InChI=1S/C11H6ClFN2O/c12-10-6(4-5-16-10)11-14-8-3-1-2-7(13)9(8)15-11/h1-5H,(H,14,15). The molecule has 5 heteroatoms. The van der Waals surface area contributed by atoms with Crippen molar-refractivity contribution in [3.63, 3.8) is 0 Å². The summed E-state index contributed by atoms with van der Waals surface area (Å²) in [5, 5.41) is 0.236. The highest BCUT2D eigenvalue weighted by molar-refractivity contribution is 6.31. The number of hydrogen-bond donors (Lipinski definition) is 1. The predicted molar refractivity (Wildman–Crippen MR) is 58.8 cm³/mol. The normalized spacial score (nSPS) is 11.1. The van der Waals surface area contributed by atoms with Crippen LogP contribution in [0.15, 0.2) is 34.9 Å². The first-order valence-electron chi connectivity index (χ1n) is 4.63. The van der Waals surface area contributed by atoms with E-state index in [0.717, 1.165) is 0 Å². The molecule has 0 atom stereocenters. The van der Waals surface area contributed by atoms with E-state index in [1.54, 1.807) is 18.2 Å². The van der Waals surface area contributed by atoms with Crippen LogP contribution in [0.25, 0.3) is 22.4 Å². The molecule has 1 N–H and O–H groups in total. The van der Waals surface area contributed by atoms with Gasteiger partial charge >= 0.3 is 0 Å². The van der Waals surface area contributed by atoms with Gasteiger partial charge in [-0.15, -0.1) is 0 Å². The number of H-pyrrole nitrogens is 1. The highest BCUT2D eigenvalue weighted by Crippen LogP contribution is 2.28. The van der Waals surface area contributed by atoms with Gasteiger partial charge in [-0.25, -0.2) is 9.37 Å². The van der Waals surface area contributed by atoms with Crippen molar-refractivity contribution in [3.05, 3.63) is 41.6 Å². The minimum atomic E-state index is -0.361. The van der Waals surface area contributed by atoms with Crippen molar-refractivity contribution < 1.29 is 8.81 Å². The van der Waals surface area contributed by atoms with Crippen LogP contribution in [0.3, 0.4) is 0 Å². The summed E-state index contributed by atoms with van der Waals surface area (Å²) in [5.41, 5.74) is 1.55. The number of nitrogens with one attached hydrogen (secondary N) is 1. The van der Waals surface area contributed by atoms with E-state index in [9.17, 15) is 4.39 Å². The Morgan fingerprint density at radius 1 is 1.31 bits per heavy atom. The topological polar surface area (TPSA) is 41.8 Å². The van der Waals surface area contributed by atoms with E-state index in [4.69, 9.17) is 16.0 Å². The highest BCUT2D eigenvalue weighted by atomic mass is 35.5. The number of hydrogen-bond acceptors (Lipinski definition) is 2. The lowest BCUT2D eigenvalue weighted by Crippen LogP contribution is -1.77. The summed E-state index contributed by atoms with van der Waals surface area (Å²) in [7, 11) is 0. The van der Waals surface area contributed by atoms with Crippen LogP contribution in [0, 0.1) is 5.82 Å². The van der Waals surface area contributed by atoms with Crippen LogP contribution in [-0.4, -0.2) is 9.97 Å². The minimum Gasteiger partial charge on any atom is -0.452 e. The van der Waals surface area contributed by atoms with Gasteiger partial charge in [0.1, 0.15) is 11.3 Å². The monoisotopic (exact) mass is 236 g/mol. The molecule has 0 aliphatic heterocycles.